The van der Waals surface area contributed by atoms with Gasteiger partial charge in [-0.3, -0.25) is 9.59 Å². The van der Waals surface area contributed by atoms with E-state index in [0.29, 0.717) is 42.1 Å². The molecule has 1 aromatic carbocycles. The number of aryl methyl sites for hydroxylation is 2. The highest BCUT2D eigenvalue weighted by atomic mass is 19.3. The highest BCUT2D eigenvalue weighted by Crippen LogP contribution is 2.41. The fraction of sp³-hybridized carbons (Fsp3) is 0.476. The van der Waals surface area contributed by atoms with Crippen LogP contribution in [0.25, 0.3) is 11.1 Å². The minimum Gasteiger partial charge on any atom is -0.380 e. The zero-order valence-electron chi connectivity index (χ0n) is 16.9. The first-order valence-corrected chi connectivity index (χ1v) is 10.0. The van der Waals surface area contributed by atoms with Gasteiger partial charge in [-0.1, -0.05) is 11.2 Å². The van der Waals surface area contributed by atoms with E-state index >= 15 is 0 Å². The van der Waals surface area contributed by atoms with Crippen molar-refractivity contribution in [1.29, 1.82) is 0 Å². The molecular weight excluding hydrogens is 394 g/mol. The first-order valence-electron chi connectivity index (χ1n) is 10.0. The quantitative estimate of drug-likeness (QED) is 0.687. The molecule has 2 fully saturated rings. The molecule has 0 radical (unpaired) electrons. The molecule has 30 heavy (non-hydrogen) atoms. The third kappa shape index (κ3) is 4.15. The summed E-state index contributed by atoms with van der Waals surface area (Å²) in [5.41, 5.74) is 3.34. The number of carbonyl (C=O) groups is 2. The molecule has 4 rings (SSSR count). The molecular formula is C21H24F2N4O3. The Balaban J connectivity index is 1.61. The summed E-state index contributed by atoms with van der Waals surface area (Å²) in [4.78, 5) is 24.4. The van der Waals surface area contributed by atoms with Gasteiger partial charge in [-0.15, -0.1) is 0 Å². The first kappa shape index (κ1) is 20.3. The summed E-state index contributed by atoms with van der Waals surface area (Å²) in [5.74, 6) is -2.49. The van der Waals surface area contributed by atoms with E-state index in [-0.39, 0.29) is 30.7 Å². The highest BCUT2D eigenvalue weighted by molar-refractivity contribution is 6.00. The molecule has 1 saturated carbocycles. The largest absolute Gasteiger partial charge is 0.380 e. The summed E-state index contributed by atoms with van der Waals surface area (Å²) in [6.45, 7) is 3.62. The predicted octanol–water partition coefficient (Wildman–Crippen LogP) is 3.78. The Morgan fingerprint density at radius 3 is 2.67 bits per heavy atom. The summed E-state index contributed by atoms with van der Waals surface area (Å²) in [6, 6.07) is 4.38. The highest BCUT2D eigenvalue weighted by Gasteiger charge is 2.45. The fourth-order valence-electron chi connectivity index (χ4n) is 4.03. The van der Waals surface area contributed by atoms with Crippen molar-refractivity contribution in [2.24, 2.45) is 0 Å². The average molecular weight is 418 g/mol. The molecule has 1 saturated heterocycles. The molecule has 2 heterocycles. The number of rotatable bonds is 5. The number of nitrogens with zero attached hydrogens (tertiary/aromatic N) is 1. The van der Waals surface area contributed by atoms with Crippen LogP contribution in [0.5, 0.6) is 0 Å². The van der Waals surface area contributed by atoms with Crippen LogP contribution in [0.4, 0.5) is 20.2 Å². The van der Waals surface area contributed by atoms with Gasteiger partial charge in [0.1, 0.15) is 11.8 Å². The molecule has 0 spiro atoms. The van der Waals surface area contributed by atoms with E-state index in [1.54, 1.807) is 19.1 Å². The van der Waals surface area contributed by atoms with Gasteiger partial charge >= 0.3 is 0 Å². The molecule has 1 atom stereocenters. The zero-order valence-corrected chi connectivity index (χ0v) is 16.9. The molecule has 0 bridgehead atoms. The molecule has 9 heteroatoms. The Labute approximate surface area is 172 Å². The molecule has 2 amide bonds. The van der Waals surface area contributed by atoms with Crippen LogP contribution in [-0.2, 0) is 9.59 Å². The van der Waals surface area contributed by atoms with Crippen molar-refractivity contribution in [3.63, 3.8) is 0 Å². The molecule has 1 aliphatic heterocycles. The molecule has 1 aliphatic carbocycles. The Morgan fingerprint density at radius 2 is 2.03 bits per heavy atom. The maximum Gasteiger partial charge on any atom is 0.252 e. The number of amides is 2. The number of aromatic nitrogens is 1. The van der Waals surface area contributed by atoms with Crippen molar-refractivity contribution in [3.05, 3.63) is 29.7 Å². The lowest BCUT2D eigenvalue weighted by molar-refractivity contribution is -0.128. The SMILES string of the molecule is Cc1noc(C)c1-c1ccc(NC2CC(F)(F)C2)c(NC(=O)[C@@H]2CCCC(=O)N2)c1. The van der Waals surface area contributed by atoms with Gasteiger partial charge in [0, 0.05) is 30.9 Å². The standard InChI is InChI=1S/C21H24F2N4O3/c1-11-19(12(2)30-27-11)13-6-7-15(24-14-9-21(22,23)10-14)17(8-13)26-20(29)16-4-3-5-18(28)25-16/h6-8,14,16,24H,3-5,9-10H2,1-2H3,(H,25,28)(H,26,29)/t16-/m0/s1. The van der Waals surface area contributed by atoms with E-state index in [1.165, 1.54) is 0 Å². The average Bonchev–Trinajstić information content (AvgIpc) is 3.00. The van der Waals surface area contributed by atoms with Crippen LogP contribution in [0, 0.1) is 13.8 Å². The van der Waals surface area contributed by atoms with Crippen molar-refractivity contribution >= 4 is 23.2 Å². The summed E-state index contributed by atoms with van der Waals surface area (Å²) >= 11 is 0. The topological polar surface area (TPSA) is 96.3 Å². The number of benzene rings is 1. The number of anilines is 2. The first-order chi connectivity index (χ1) is 14.2. The maximum absolute atomic E-state index is 13.3. The van der Waals surface area contributed by atoms with Gasteiger partial charge < -0.3 is 20.5 Å². The number of hydrogen-bond acceptors (Lipinski definition) is 5. The minimum atomic E-state index is -2.65. The summed E-state index contributed by atoms with van der Waals surface area (Å²) in [6.07, 6.45) is 1.12. The van der Waals surface area contributed by atoms with Crippen LogP contribution in [0.3, 0.4) is 0 Å². The lowest BCUT2D eigenvalue weighted by atomic mass is 9.88. The molecule has 2 aliphatic rings. The van der Waals surface area contributed by atoms with Gasteiger partial charge in [0.15, 0.2) is 0 Å². The van der Waals surface area contributed by atoms with Crippen LogP contribution in [0.1, 0.15) is 43.6 Å². The summed E-state index contributed by atoms with van der Waals surface area (Å²) in [5, 5.41) is 12.6. The van der Waals surface area contributed by atoms with Crippen LogP contribution < -0.4 is 16.0 Å². The minimum absolute atomic E-state index is 0.152. The van der Waals surface area contributed by atoms with E-state index in [9.17, 15) is 18.4 Å². The number of nitrogens with one attached hydrogen (secondary N) is 3. The van der Waals surface area contributed by atoms with Crippen molar-refractivity contribution < 1.29 is 22.9 Å². The van der Waals surface area contributed by atoms with Crippen molar-refractivity contribution in [3.8, 4) is 11.1 Å². The second-order valence-electron chi connectivity index (χ2n) is 8.07. The smallest absolute Gasteiger partial charge is 0.252 e. The lowest BCUT2D eigenvalue weighted by Gasteiger charge is -2.36. The van der Waals surface area contributed by atoms with Crippen molar-refractivity contribution in [1.82, 2.24) is 10.5 Å². The lowest BCUT2D eigenvalue weighted by Crippen LogP contribution is -2.46. The molecule has 1 aromatic heterocycles. The molecule has 160 valence electrons. The third-order valence-electron chi connectivity index (χ3n) is 5.60. The molecule has 7 nitrogen and oxygen atoms in total. The zero-order chi connectivity index (χ0) is 21.5. The van der Waals surface area contributed by atoms with Crippen LogP contribution in [-0.4, -0.2) is 35.0 Å². The van der Waals surface area contributed by atoms with Crippen molar-refractivity contribution in [2.45, 2.75) is 64.0 Å². The Kier molecular flexibility index (Phi) is 5.21. The van der Waals surface area contributed by atoms with E-state index in [4.69, 9.17) is 4.52 Å². The van der Waals surface area contributed by atoms with Gasteiger partial charge in [-0.2, -0.15) is 0 Å². The van der Waals surface area contributed by atoms with E-state index in [1.807, 2.05) is 13.0 Å². The van der Waals surface area contributed by atoms with Gasteiger partial charge in [0.2, 0.25) is 11.8 Å². The van der Waals surface area contributed by atoms with Crippen LogP contribution in [0.15, 0.2) is 22.7 Å². The molecule has 2 aromatic rings. The van der Waals surface area contributed by atoms with Crippen molar-refractivity contribution in [2.75, 3.05) is 10.6 Å². The number of piperidine rings is 1. The second kappa shape index (κ2) is 7.70. The van der Waals surface area contributed by atoms with E-state index in [2.05, 4.69) is 21.1 Å². The number of carbonyl (C=O) groups excluding carboxylic acids is 2. The van der Waals surface area contributed by atoms with Gasteiger partial charge in [-0.05, 0) is 44.4 Å². The monoisotopic (exact) mass is 418 g/mol. The summed E-state index contributed by atoms with van der Waals surface area (Å²) < 4.78 is 31.7. The van der Waals surface area contributed by atoms with Crippen LogP contribution >= 0.6 is 0 Å². The molecule has 3 N–H and O–H groups in total. The number of alkyl halides is 2. The number of hydrogen-bond donors (Lipinski definition) is 3. The van der Waals surface area contributed by atoms with Crippen LogP contribution in [0.2, 0.25) is 0 Å². The molecule has 0 unspecified atom stereocenters. The second-order valence-corrected chi connectivity index (χ2v) is 8.07. The Hall–Kier alpha value is -2.97. The maximum atomic E-state index is 13.3. The van der Waals surface area contributed by atoms with Gasteiger partial charge in [0.05, 0.1) is 17.1 Å². The van der Waals surface area contributed by atoms with Gasteiger partial charge in [0.25, 0.3) is 5.92 Å². The fourth-order valence-corrected chi connectivity index (χ4v) is 4.03. The summed E-state index contributed by atoms with van der Waals surface area (Å²) in [7, 11) is 0. The Morgan fingerprint density at radius 1 is 1.27 bits per heavy atom. The third-order valence-corrected chi connectivity index (χ3v) is 5.60. The number of halogens is 2. The predicted molar refractivity (Wildman–Crippen MR) is 107 cm³/mol. The normalized spacial score (nSPS) is 20.9. The van der Waals surface area contributed by atoms with Gasteiger partial charge in [-0.25, -0.2) is 8.78 Å². The Bertz CT molecular complexity index is 961. The van der Waals surface area contributed by atoms with E-state index < -0.39 is 12.0 Å². The van der Waals surface area contributed by atoms with E-state index in [0.717, 1.165) is 11.1 Å².